The van der Waals surface area contributed by atoms with Gasteiger partial charge in [-0.25, -0.2) is 5.43 Å². The van der Waals surface area contributed by atoms with Gasteiger partial charge in [0.15, 0.2) is 0 Å². The van der Waals surface area contributed by atoms with Crippen molar-refractivity contribution in [3.05, 3.63) is 74.5 Å². The van der Waals surface area contributed by atoms with Crippen LogP contribution in [-0.4, -0.2) is 22.4 Å². The van der Waals surface area contributed by atoms with Crippen LogP contribution in [0, 0.1) is 0 Å². The number of nitrogens with one attached hydrogen (secondary N) is 1. The van der Waals surface area contributed by atoms with Crippen molar-refractivity contribution < 1.29 is 4.79 Å². The molecule has 3 aromatic rings. The van der Waals surface area contributed by atoms with E-state index >= 15 is 0 Å². The fourth-order valence-electron chi connectivity index (χ4n) is 2.48. The molecule has 0 radical (unpaired) electrons. The van der Waals surface area contributed by atoms with Crippen molar-refractivity contribution >= 4 is 58.0 Å². The van der Waals surface area contributed by atoms with Crippen LogP contribution in [0.25, 0.3) is 10.9 Å². The molecule has 0 spiro atoms. The topological polar surface area (TPSA) is 63.5 Å². The molecule has 0 unspecified atom stereocenters. The molecule has 0 aliphatic rings. The molecule has 3 rings (SSSR count). The largest absolute Gasteiger partial charge is 0.311 e. The van der Waals surface area contributed by atoms with Gasteiger partial charge in [0.1, 0.15) is 0 Å². The van der Waals surface area contributed by atoms with Crippen LogP contribution in [0.4, 0.5) is 0 Å². The Bertz CT molecular complexity index is 1080. The molecule has 27 heavy (non-hydrogen) atoms. The number of fused-ring (bicyclic) bond motifs is 1. The van der Waals surface area contributed by atoms with Crippen molar-refractivity contribution in [3.63, 3.8) is 0 Å². The van der Waals surface area contributed by atoms with Crippen LogP contribution in [0.5, 0.6) is 0 Å². The van der Waals surface area contributed by atoms with Crippen LogP contribution in [0.1, 0.15) is 5.56 Å². The zero-order valence-corrected chi connectivity index (χ0v) is 16.6. The summed E-state index contributed by atoms with van der Waals surface area (Å²) >= 11 is 13.4. The van der Waals surface area contributed by atoms with Crippen LogP contribution in [0.15, 0.2) is 63.3 Å². The number of aryl methyl sites for hydroxylation is 1. The van der Waals surface area contributed by atoms with E-state index in [9.17, 15) is 9.59 Å². The van der Waals surface area contributed by atoms with Crippen LogP contribution in [-0.2, 0) is 11.8 Å². The van der Waals surface area contributed by atoms with E-state index in [0.717, 1.165) is 15.8 Å². The molecule has 1 amide bonds. The highest BCUT2D eigenvalue weighted by atomic mass is 35.5. The van der Waals surface area contributed by atoms with Crippen LogP contribution < -0.4 is 11.0 Å². The Kier molecular flexibility index (Phi) is 6.21. The second-order valence-electron chi connectivity index (χ2n) is 5.64. The van der Waals surface area contributed by atoms with E-state index < -0.39 is 0 Å². The van der Waals surface area contributed by atoms with Gasteiger partial charge in [0, 0.05) is 29.0 Å². The van der Waals surface area contributed by atoms with E-state index in [2.05, 4.69) is 10.5 Å². The Hall–Kier alpha value is -2.28. The first-order valence-corrected chi connectivity index (χ1v) is 9.69. The summed E-state index contributed by atoms with van der Waals surface area (Å²) in [4.78, 5) is 24.9. The predicted molar refractivity (Wildman–Crippen MR) is 112 cm³/mol. The number of carbonyl (C=O) groups excluding carboxylic acids is 1. The Morgan fingerprint density at radius 2 is 1.89 bits per heavy atom. The van der Waals surface area contributed by atoms with Crippen molar-refractivity contribution in [1.82, 2.24) is 9.99 Å². The van der Waals surface area contributed by atoms with Crippen molar-refractivity contribution in [2.24, 2.45) is 12.1 Å². The number of halogens is 2. The van der Waals surface area contributed by atoms with Crippen molar-refractivity contribution in [2.45, 2.75) is 4.90 Å². The molecule has 8 heteroatoms. The fraction of sp³-hybridized carbons (Fsp3) is 0.105. The summed E-state index contributed by atoms with van der Waals surface area (Å²) in [5.41, 5.74) is 3.67. The number of carbonyl (C=O) groups is 1. The SMILES string of the molecule is Cn1c(=O)cc(SCC(=O)NN=Cc2c(Cl)cccc2Cl)c2ccccc21. The number of para-hydroxylation sites is 1. The van der Waals surface area contributed by atoms with Crippen molar-refractivity contribution in [2.75, 3.05) is 5.75 Å². The molecule has 138 valence electrons. The molecule has 1 aromatic heterocycles. The number of thioether (sulfide) groups is 1. The van der Waals surface area contributed by atoms with Gasteiger partial charge in [-0.3, -0.25) is 9.59 Å². The molecule has 0 aliphatic heterocycles. The van der Waals surface area contributed by atoms with E-state index in [1.807, 2.05) is 24.3 Å². The Balaban J connectivity index is 1.68. The molecule has 0 saturated carbocycles. The summed E-state index contributed by atoms with van der Waals surface area (Å²) in [6.45, 7) is 0. The maximum Gasteiger partial charge on any atom is 0.251 e. The molecule has 2 aromatic carbocycles. The number of hydrogen-bond donors (Lipinski definition) is 1. The van der Waals surface area contributed by atoms with Gasteiger partial charge in [-0.2, -0.15) is 5.10 Å². The third-order valence-corrected chi connectivity index (χ3v) is 5.57. The van der Waals surface area contributed by atoms with E-state index in [1.54, 1.807) is 29.8 Å². The maximum absolute atomic E-state index is 12.1. The Labute approximate surface area is 170 Å². The molecular weight excluding hydrogens is 405 g/mol. The summed E-state index contributed by atoms with van der Waals surface area (Å²) < 4.78 is 1.58. The number of pyridine rings is 1. The molecule has 1 heterocycles. The molecule has 0 saturated heterocycles. The molecule has 0 fully saturated rings. The summed E-state index contributed by atoms with van der Waals surface area (Å²) in [7, 11) is 1.72. The quantitative estimate of drug-likeness (QED) is 0.384. The highest BCUT2D eigenvalue weighted by Gasteiger charge is 2.09. The lowest BCUT2D eigenvalue weighted by molar-refractivity contribution is -0.118. The number of amides is 1. The van der Waals surface area contributed by atoms with Crippen LogP contribution in [0.3, 0.4) is 0 Å². The third-order valence-electron chi connectivity index (χ3n) is 3.86. The van der Waals surface area contributed by atoms with E-state index in [4.69, 9.17) is 23.2 Å². The lowest BCUT2D eigenvalue weighted by Gasteiger charge is -2.09. The van der Waals surface area contributed by atoms with Gasteiger partial charge in [0.25, 0.3) is 5.56 Å². The number of rotatable bonds is 5. The van der Waals surface area contributed by atoms with Gasteiger partial charge in [0.05, 0.1) is 27.5 Å². The Morgan fingerprint density at radius 3 is 2.63 bits per heavy atom. The molecular formula is C19H15Cl2N3O2S. The molecule has 0 aliphatic carbocycles. The highest BCUT2D eigenvalue weighted by molar-refractivity contribution is 8.00. The zero-order valence-electron chi connectivity index (χ0n) is 14.3. The zero-order chi connectivity index (χ0) is 19.4. The highest BCUT2D eigenvalue weighted by Crippen LogP contribution is 2.26. The number of hydrazone groups is 1. The summed E-state index contributed by atoms with van der Waals surface area (Å²) in [5, 5.41) is 5.71. The van der Waals surface area contributed by atoms with Crippen molar-refractivity contribution in [1.29, 1.82) is 0 Å². The summed E-state index contributed by atoms with van der Waals surface area (Å²) in [6.07, 6.45) is 1.40. The monoisotopic (exact) mass is 419 g/mol. The van der Waals surface area contributed by atoms with E-state index in [-0.39, 0.29) is 17.2 Å². The smallest absolute Gasteiger partial charge is 0.251 e. The third kappa shape index (κ3) is 4.53. The maximum atomic E-state index is 12.1. The molecule has 0 bridgehead atoms. The average Bonchev–Trinajstić information content (AvgIpc) is 2.66. The van der Waals surface area contributed by atoms with Crippen molar-refractivity contribution in [3.8, 4) is 0 Å². The van der Waals surface area contributed by atoms with Crippen LogP contribution >= 0.6 is 35.0 Å². The van der Waals surface area contributed by atoms with E-state index in [1.165, 1.54) is 24.0 Å². The molecule has 5 nitrogen and oxygen atoms in total. The van der Waals surface area contributed by atoms with Crippen LogP contribution in [0.2, 0.25) is 10.0 Å². The standard InChI is InChI=1S/C19H15Cl2N3O2S/c1-24-16-8-3-2-5-12(16)17(9-19(24)26)27-11-18(25)23-22-10-13-14(20)6-4-7-15(13)21/h2-10H,11H2,1H3,(H,23,25). The number of aromatic nitrogens is 1. The first-order chi connectivity index (χ1) is 13.0. The second-order valence-corrected chi connectivity index (χ2v) is 7.47. The van der Waals surface area contributed by atoms with Gasteiger partial charge >= 0.3 is 0 Å². The number of benzene rings is 2. The average molecular weight is 420 g/mol. The van der Waals surface area contributed by atoms with Gasteiger partial charge < -0.3 is 4.57 Å². The summed E-state index contributed by atoms with van der Waals surface area (Å²) in [6, 6.07) is 14.2. The Morgan fingerprint density at radius 1 is 1.19 bits per heavy atom. The minimum absolute atomic E-state index is 0.116. The van der Waals surface area contributed by atoms with Gasteiger partial charge in [-0.1, -0.05) is 47.5 Å². The number of nitrogens with zero attached hydrogens (tertiary/aromatic N) is 2. The van der Waals surface area contributed by atoms with Gasteiger partial charge in [-0.05, 0) is 18.2 Å². The molecule has 0 atom stereocenters. The first kappa shape index (κ1) is 19.5. The second kappa shape index (κ2) is 8.61. The normalized spacial score (nSPS) is 11.2. The minimum Gasteiger partial charge on any atom is -0.311 e. The van der Waals surface area contributed by atoms with Gasteiger partial charge in [0.2, 0.25) is 5.91 Å². The lowest BCUT2D eigenvalue weighted by atomic mass is 10.2. The summed E-state index contributed by atoms with van der Waals surface area (Å²) in [5.74, 6) is -0.186. The predicted octanol–water partition coefficient (Wildman–Crippen LogP) is 4.09. The minimum atomic E-state index is -0.302. The van der Waals surface area contributed by atoms with E-state index in [0.29, 0.717) is 15.6 Å². The lowest BCUT2D eigenvalue weighted by Crippen LogP contribution is -2.20. The first-order valence-electron chi connectivity index (χ1n) is 7.95. The van der Waals surface area contributed by atoms with Gasteiger partial charge in [-0.15, -0.1) is 11.8 Å². The molecule has 1 N–H and O–H groups in total. The fourth-order valence-corrected chi connectivity index (χ4v) is 3.84. The number of hydrogen-bond acceptors (Lipinski definition) is 4.